The van der Waals surface area contributed by atoms with Crippen molar-refractivity contribution in [2.24, 2.45) is 7.05 Å². The highest BCUT2D eigenvalue weighted by atomic mass is 16.5. The smallest absolute Gasteiger partial charge is 0.224 e. The second kappa shape index (κ2) is 6.75. The summed E-state index contributed by atoms with van der Waals surface area (Å²) in [5.74, 6) is 2.29. The molecular formula is C17H22N8O. The van der Waals surface area contributed by atoms with Crippen LogP contribution in [-0.4, -0.2) is 63.9 Å². The number of fused-ring (bicyclic) bond motifs is 1. The molecule has 26 heavy (non-hydrogen) atoms. The number of methoxy groups -OCH3 is 1. The van der Waals surface area contributed by atoms with Gasteiger partial charge in [0.15, 0.2) is 0 Å². The summed E-state index contributed by atoms with van der Waals surface area (Å²) in [7, 11) is 5.54. The number of hydrogen-bond donors (Lipinski definition) is 2. The average molecular weight is 354 g/mol. The summed E-state index contributed by atoms with van der Waals surface area (Å²) in [4.78, 5) is 19.7. The minimum Gasteiger partial charge on any atom is -0.377 e. The van der Waals surface area contributed by atoms with Gasteiger partial charge in [0.2, 0.25) is 11.9 Å². The Morgan fingerprint density at radius 2 is 2.08 bits per heavy atom. The third-order valence-corrected chi connectivity index (χ3v) is 4.76. The minimum absolute atomic E-state index is 0.0286. The van der Waals surface area contributed by atoms with Crippen molar-refractivity contribution in [3.63, 3.8) is 0 Å². The van der Waals surface area contributed by atoms with Crippen LogP contribution >= 0.6 is 0 Å². The van der Waals surface area contributed by atoms with Gasteiger partial charge in [-0.2, -0.15) is 4.98 Å². The Morgan fingerprint density at radius 3 is 2.85 bits per heavy atom. The number of rotatable bonds is 5. The van der Waals surface area contributed by atoms with Crippen LogP contribution in [0.4, 0.5) is 17.7 Å². The summed E-state index contributed by atoms with van der Waals surface area (Å²) in [5.41, 5.74) is 1.91. The Hall–Kier alpha value is -2.94. The molecule has 0 spiro atoms. The molecule has 0 aromatic carbocycles. The molecule has 0 aliphatic carbocycles. The summed E-state index contributed by atoms with van der Waals surface area (Å²) >= 11 is 0. The molecule has 2 atom stereocenters. The number of aromatic nitrogens is 5. The highest BCUT2D eigenvalue weighted by Gasteiger charge is 2.34. The zero-order valence-electron chi connectivity index (χ0n) is 15.0. The maximum absolute atomic E-state index is 5.71. The Kier molecular flexibility index (Phi) is 4.29. The fourth-order valence-electron chi connectivity index (χ4n) is 3.33. The third-order valence-electron chi connectivity index (χ3n) is 4.76. The standard InChI is InChI=1S/C17H22N8O/c1-18-16-20-7-5-15(23-16)25-9-12(14(10-25)26-3)22-17-21-11-8-19-6-4-13(11)24(17)2/h4-8,12,14H,9-10H2,1-3H3,(H,21,22)(H,18,20,23)/t12-,14+/m1/s1. The van der Waals surface area contributed by atoms with E-state index in [-0.39, 0.29) is 12.1 Å². The van der Waals surface area contributed by atoms with Gasteiger partial charge in [-0.15, -0.1) is 0 Å². The molecule has 0 unspecified atom stereocenters. The molecule has 2 N–H and O–H groups in total. The molecule has 136 valence electrons. The maximum atomic E-state index is 5.71. The van der Waals surface area contributed by atoms with Crippen LogP contribution < -0.4 is 15.5 Å². The molecule has 1 aliphatic heterocycles. The van der Waals surface area contributed by atoms with Gasteiger partial charge in [0, 0.05) is 46.7 Å². The van der Waals surface area contributed by atoms with E-state index >= 15 is 0 Å². The van der Waals surface area contributed by atoms with Crippen molar-refractivity contribution in [1.82, 2.24) is 24.5 Å². The normalized spacial score (nSPS) is 19.9. The molecule has 0 radical (unpaired) electrons. The first-order valence-corrected chi connectivity index (χ1v) is 8.51. The number of imidazole rings is 1. The van der Waals surface area contributed by atoms with E-state index in [0.717, 1.165) is 35.9 Å². The van der Waals surface area contributed by atoms with Gasteiger partial charge in [0.25, 0.3) is 0 Å². The second-order valence-electron chi connectivity index (χ2n) is 6.28. The van der Waals surface area contributed by atoms with Gasteiger partial charge in [0.1, 0.15) is 11.3 Å². The Morgan fingerprint density at radius 1 is 1.19 bits per heavy atom. The lowest BCUT2D eigenvalue weighted by molar-refractivity contribution is 0.112. The van der Waals surface area contributed by atoms with Crippen LogP contribution in [0.15, 0.2) is 30.7 Å². The molecule has 3 aromatic heterocycles. The van der Waals surface area contributed by atoms with Crippen molar-refractivity contribution in [1.29, 1.82) is 0 Å². The lowest BCUT2D eigenvalue weighted by Gasteiger charge is -2.19. The predicted octanol–water partition coefficient (Wildman–Crippen LogP) is 1.12. The molecule has 1 aliphatic rings. The van der Waals surface area contributed by atoms with E-state index in [4.69, 9.17) is 4.74 Å². The van der Waals surface area contributed by atoms with Crippen LogP contribution in [0.1, 0.15) is 0 Å². The number of nitrogens with zero attached hydrogens (tertiary/aromatic N) is 6. The van der Waals surface area contributed by atoms with Gasteiger partial charge in [-0.1, -0.05) is 0 Å². The molecule has 0 bridgehead atoms. The summed E-state index contributed by atoms with van der Waals surface area (Å²) < 4.78 is 7.74. The van der Waals surface area contributed by atoms with Gasteiger partial charge in [-0.3, -0.25) is 4.98 Å². The van der Waals surface area contributed by atoms with E-state index in [1.807, 2.05) is 30.8 Å². The molecule has 1 saturated heterocycles. The molecular weight excluding hydrogens is 332 g/mol. The lowest BCUT2D eigenvalue weighted by Crippen LogP contribution is -2.34. The molecule has 9 nitrogen and oxygen atoms in total. The second-order valence-corrected chi connectivity index (χ2v) is 6.28. The Balaban J connectivity index is 1.56. The molecule has 4 rings (SSSR count). The van der Waals surface area contributed by atoms with Gasteiger partial charge < -0.3 is 24.8 Å². The molecule has 9 heteroatoms. The van der Waals surface area contributed by atoms with Crippen molar-refractivity contribution in [3.8, 4) is 0 Å². The van der Waals surface area contributed by atoms with Gasteiger partial charge in [-0.05, 0) is 12.1 Å². The SMILES string of the molecule is CNc1nccc(N2C[C@H](OC)[C@H](Nc3nc4cnccc4n3C)C2)n1. The first kappa shape index (κ1) is 16.5. The maximum Gasteiger partial charge on any atom is 0.224 e. The zero-order chi connectivity index (χ0) is 18.1. The van der Waals surface area contributed by atoms with Crippen molar-refractivity contribution in [3.05, 3.63) is 30.7 Å². The number of nitrogens with one attached hydrogen (secondary N) is 2. The largest absolute Gasteiger partial charge is 0.377 e. The van der Waals surface area contributed by atoms with Gasteiger partial charge in [-0.25, -0.2) is 9.97 Å². The van der Waals surface area contributed by atoms with E-state index in [2.05, 4.69) is 35.5 Å². The fraction of sp³-hybridized carbons (Fsp3) is 0.412. The van der Waals surface area contributed by atoms with Crippen LogP contribution in [0.3, 0.4) is 0 Å². The first-order valence-electron chi connectivity index (χ1n) is 8.51. The highest BCUT2D eigenvalue weighted by Crippen LogP contribution is 2.24. The predicted molar refractivity (Wildman–Crippen MR) is 101 cm³/mol. The van der Waals surface area contributed by atoms with Crippen LogP contribution in [-0.2, 0) is 11.8 Å². The van der Waals surface area contributed by atoms with Crippen molar-refractivity contribution in [2.75, 3.05) is 42.8 Å². The van der Waals surface area contributed by atoms with Crippen molar-refractivity contribution < 1.29 is 4.74 Å². The molecule has 3 aromatic rings. The topological polar surface area (TPSA) is 93.0 Å². The number of hydrogen-bond acceptors (Lipinski definition) is 8. The van der Waals surface area contributed by atoms with E-state index in [0.29, 0.717) is 5.95 Å². The number of aryl methyl sites for hydroxylation is 1. The summed E-state index contributed by atoms with van der Waals surface area (Å²) in [6, 6.07) is 3.97. The van der Waals surface area contributed by atoms with Crippen LogP contribution in [0.25, 0.3) is 11.0 Å². The molecule has 4 heterocycles. The minimum atomic E-state index is 0.0286. The number of pyridine rings is 1. The van der Waals surface area contributed by atoms with Crippen LogP contribution in [0, 0.1) is 0 Å². The van der Waals surface area contributed by atoms with Gasteiger partial charge >= 0.3 is 0 Å². The van der Waals surface area contributed by atoms with E-state index in [9.17, 15) is 0 Å². The van der Waals surface area contributed by atoms with E-state index in [1.165, 1.54) is 0 Å². The molecule has 1 fully saturated rings. The lowest BCUT2D eigenvalue weighted by atomic mass is 10.2. The van der Waals surface area contributed by atoms with Gasteiger partial charge in [0.05, 0.1) is 23.9 Å². The van der Waals surface area contributed by atoms with Crippen molar-refractivity contribution in [2.45, 2.75) is 12.1 Å². The third kappa shape index (κ3) is 2.90. The molecule has 0 saturated carbocycles. The van der Waals surface area contributed by atoms with Crippen LogP contribution in [0.2, 0.25) is 0 Å². The molecule has 0 amide bonds. The van der Waals surface area contributed by atoms with Crippen molar-refractivity contribution >= 4 is 28.7 Å². The highest BCUT2D eigenvalue weighted by molar-refractivity contribution is 5.77. The summed E-state index contributed by atoms with van der Waals surface area (Å²) in [5, 5.41) is 6.50. The zero-order valence-corrected chi connectivity index (χ0v) is 15.0. The Labute approximate surface area is 151 Å². The Bertz CT molecular complexity index is 911. The monoisotopic (exact) mass is 354 g/mol. The van der Waals surface area contributed by atoms with E-state index < -0.39 is 0 Å². The fourth-order valence-corrected chi connectivity index (χ4v) is 3.33. The summed E-state index contributed by atoms with van der Waals surface area (Å²) in [6.07, 6.45) is 5.34. The number of anilines is 3. The summed E-state index contributed by atoms with van der Waals surface area (Å²) in [6.45, 7) is 1.51. The van der Waals surface area contributed by atoms with E-state index in [1.54, 1.807) is 25.7 Å². The average Bonchev–Trinajstić information content (AvgIpc) is 3.23. The quantitative estimate of drug-likeness (QED) is 0.704. The first-order chi connectivity index (χ1) is 12.7. The van der Waals surface area contributed by atoms with Crippen LogP contribution in [0.5, 0.6) is 0 Å². The number of ether oxygens (including phenoxy) is 1.